The van der Waals surface area contributed by atoms with Gasteiger partial charge in [-0.1, -0.05) is 78.9 Å². The Labute approximate surface area is 319 Å². The molecule has 0 aromatic heterocycles. The van der Waals surface area contributed by atoms with E-state index in [2.05, 4.69) is 43.0 Å². The summed E-state index contributed by atoms with van der Waals surface area (Å²) in [6, 6.07) is 38.5. The van der Waals surface area contributed by atoms with Crippen molar-refractivity contribution in [2.45, 2.75) is 25.7 Å². The van der Waals surface area contributed by atoms with Crippen molar-refractivity contribution in [1.29, 1.82) is 0 Å². The molecule has 6 aromatic rings. The van der Waals surface area contributed by atoms with Crippen molar-refractivity contribution in [2.75, 3.05) is 0 Å². The minimum atomic E-state index is -1.25. The first-order chi connectivity index (χ1) is 25.6. The smallest absolute Gasteiger partial charge is 0.339 e. The van der Waals surface area contributed by atoms with Crippen LogP contribution in [0.25, 0.3) is 11.1 Å². The predicted octanol–water partition coefficient (Wildman–Crippen LogP) is 11.2. The Morgan fingerprint density at radius 1 is 0.491 bits per heavy atom. The summed E-state index contributed by atoms with van der Waals surface area (Å²) in [5, 5.41) is 57.9. The minimum absolute atomic E-state index is 0.228. The van der Waals surface area contributed by atoms with E-state index in [-0.39, 0.29) is 22.6 Å². The van der Waals surface area contributed by atoms with Gasteiger partial charge < -0.3 is 20.4 Å². The summed E-state index contributed by atoms with van der Waals surface area (Å²) in [5.74, 6) is -3.03. The van der Waals surface area contributed by atoms with E-state index in [1.165, 1.54) is 12.1 Å². The van der Waals surface area contributed by atoms with Crippen LogP contribution < -0.4 is 0 Å². The fourth-order valence-corrected chi connectivity index (χ4v) is 6.36. The van der Waals surface area contributed by atoms with Crippen molar-refractivity contribution in [2.24, 2.45) is 20.5 Å². The van der Waals surface area contributed by atoms with Crippen molar-refractivity contribution >= 4 is 57.3 Å². The number of benzene rings is 6. The Morgan fingerprint density at radius 3 is 1.42 bits per heavy atom. The second kappa shape index (κ2) is 16.9. The number of phenols is 2. The first kappa shape index (κ1) is 36.6. The van der Waals surface area contributed by atoms with Gasteiger partial charge in [-0.15, -0.1) is 5.11 Å². The fourth-order valence-electron chi connectivity index (χ4n) is 5.74. The number of carboxylic acids is 2. The average Bonchev–Trinajstić information content (AvgIpc) is 3.17. The molecule has 0 bridgehead atoms. The van der Waals surface area contributed by atoms with Gasteiger partial charge in [0.25, 0.3) is 0 Å². The van der Waals surface area contributed by atoms with Crippen LogP contribution in [-0.4, -0.2) is 32.4 Å². The molecule has 0 unspecified atom stereocenters. The first-order valence-corrected chi connectivity index (χ1v) is 17.7. The normalized spacial score (nSPS) is 11.3. The summed E-state index contributed by atoms with van der Waals surface area (Å²) < 4.78 is 0.818. The molecule has 53 heavy (non-hydrogen) atoms. The second-order valence-corrected chi connectivity index (χ2v) is 13.4. The van der Waals surface area contributed by atoms with E-state index in [1.807, 2.05) is 91.0 Å². The summed E-state index contributed by atoms with van der Waals surface area (Å²) in [6.45, 7) is 0. The zero-order valence-electron chi connectivity index (χ0n) is 28.2. The SMILES string of the molecule is O=C(O)c1cc(/N=N/c2ccc(-c3ccc(/N=N/c4cc(CCc5ccccc5)c(O)c(C(=O)O)c4)c(I)c3)cc2)cc(CCc2ccccc2)c1O. The molecule has 264 valence electrons. The van der Waals surface area contributed by atoms with Crippen LogP contribution in [0, 0.1) is 3.57 Å². The number of aryl methyl sites for hydroxylation is 4. The highest BCUT2D eigenvalue weighted by molar-refractivity contribution is 14.1. The van der Waals surface area contributed by atoms with Crippen LogP contribution in [0.1, 0.15) is 43.0 Å². The van der Waals surface area contributed by atoms with Gasteiger partial charge in [0.2, 0.25) is 0 Å². The van der Waals surface area contributed by atoms with E-state index in [1.54, 1.807) is 24.3 Å². The zero-order chi connectivity index (χ0) is 37.3. The van der Waals surface area contributed by atoms with Gasteiger partial charge >= 0.3 is 11.9 Å². The third kappa shape index (κ3) is 9.37. The molecule has 0 heterocycles. The second-order valence-electron chi connectivity index (χ2n) is 12.2. The molecule has 0 aliphatic heterocycles. The maximum atomic E-state index is 11.9. The highest BCUT2D eigenvalue weighted by Gasteiger charge is 2.17. The molecule has 0 saturated carbocycles. The molecule has 0 fully saturated rings. The molecule has 0 aliphatic rings. The van der Waals surface area contributed by atoms with Crippen LogP contribution in [0.3, 0.4) is 0 Å². The van der Waals surface area contributed by atoms with Gasteiger partial charge in [-0.3, -0.25) is 0 Å². The highest BCUT2D eigenvalue weighted by Crippen LogP contribution is 2.35. The summed E-state index contributed by atoms with van der Waals surface area (Å²) in [7, 11) is 0. The number of aromatic hydroxyl groups is 2. The van der Waals surface area contributed by atoms with Crippen LogP contribution >= 0.6 is 22.6 Å². The minimum Gasteiger partial charge on any atom is -0.507 e. The Hall–Kier alpha value is -6.21. The van der Waals surface area contributed by atoms with Crippen LogP contribution in [0.5, 0.6) is 11.5 Å². The monoisotopic (exact) mass is 816 g/mol. The Balaban J connectivity index is 1.15. The van der Waals surface area contributed by atoms with Gasteiger partial charge in [-0.05, 0) is 130 Å². The van der Waals surface area contributed by atoms with E-state index >= 15 is 0 Å². The van der Waals surface area contributed by atoms with Gasteiger partial charge in [-0.25, -0.2) is 9.59 Å². The molecule has 0 saturated heterocycles. The number of azo groups is 2. The average molecular weight is 817 g/mol. The molecule has 0 spiro atoms. The van der Waals surface area contributed by atoms with Crippen molar-refractivity contribution in [3.8, 4) is 22.6 Å². The lowest BCUT2D eigenvalue weighted by molar-refractivity contribution is 0.0682. The molecular weight excluding hydrogens is 783 g/mol. The van der Waals surface area contributed by atoms with Crippen molar-refractivity contribution in [3.63, 3.8) is 0 Å². The van der Waals surface area contributed by atoms with Gasteiger partial charge in [0, 0.05) is 3.57 Å². The van der Waals surface area contributed by atoms with E-state index < -0.39 is 11.9 Å². The molecule has 6 aromatic carbocycles. The number of carbonyl (C=O) groups is 2. The maximum absolute atomic E-state index is 11.9. The topological polar surface area (TPSA) is 164 Å². The first-order valence-electron chi connectivity index (χ1n) is 16.6. The van der Waals surface area contributed by atoms with Crippen molar-refractivity contribution in [3.05, 3.63) is 164 Å². The van der Waals surface area contributed by atoms with E-state index in [0.717, 1.165) is 25.8 Å². The zero-order valence-corrected chi connectivity index (χ0v) is 30.4. The van der Waals surface area contributed by atoms with E-state index in [4.69, 9.17) is 0 Å². The molecular formula is C42H33IN4O6. The molecule has 4 N–H and O–H groups in total. The molecule has 0 amide bonds. The standard InChI is InChI=1S/C42H33IN4O6/c43-37-23-29(17-20-38(37)47-46-34-22-31(40(49)36(25-34)42(52)53)14-12-27-9-5-2-6-10-27)28-15-18-32(19-16-28)44-45-33-21-30(39(48)35(24-33)41(50)51)13-11-26-7-3-1-4-8-26/h1-10,15-25,48-49H,11-14H2,(H,50,51)(H,52,53)/b45-44+,47-46+. The third-order valence-electron chi connectivity index (χ3n) is 8.56. The fraction of sp³-hybridized carbons (Fsp3) is 0.0952. The molecule has 0 aliphatic carbocycles. The summed E-state index contributed by atoms with van der Waals surface area (Å²) >= 11 is 2.17. The van der Waals surface area contributed by atoms with Gasteiger partial charge in [0.05, 0.1) is 22.7 Å². The maximum Gasteiger partial charge on any atom is 0.339 e. The highest BCUT2D eigenvalue weighted by atomic mass is 127. The van der Waals surface area contributed by atoms with Gasteiger partial charge in [0.15, 0.2) is 0 Å². The lowest BCUT2D eigenvalue weighted by Gasteiger charge is -2.09. The number of carboxylic acid groups (broad SMARTS) is 2. The summed E-state index contributed by atoms with van der Waals surface area (Å²) in [5.41, 5.74) is 6.27. The van der Waals surface area contributed by atoms with Gasteiger partial charge in [0.1, 0.15) is 22.6 Å². The molecule has 0 radical (unpaired) electrons. The largest absolute Gasteiger partial charge is 0.507 e. The Morgan fingerprint density at radius 2 is 0.943 bits per heavy atom. The lowest BCUT2D eigenvalue weighted by Crippen LogP contribution is -2.00. The summed E-state index contributed by atoms with van der Waals surface area (Å²) in [4.78, 5) is 23.7. The number of rotatable bonds is 13. The van der Waals surface area contributed by atoms with E-state index in [0.29, 0.717) is 59.6 Å². The third-order valence-corrected chi connectivity index (χ3v) is 9.43. The number of aromatic carboxylic acids is 2. The summed E-state index contributed by atoms with van der Waals surface area (Å²) in [6.07, 6.45) is 2.12. The Kier molecular flexibility index (Phi) is 11.6. The predicted molar refractivity (Wildman–Crippen MR) is 211 cm³/mol. The quantitative estimate of drug-likeness (QED) is 0.0669. The number of nitrogens with zero attached hydrogens (tertiary/aromatic N) is 4. The lowest BCUT2D eigenvalue weighted by atomic mass is 10.0. The Bertz CT molecular complexity index is 2330. The molecule has 6 rings (SSSR count). The molecule has 0 atom stereocenters. The molecule has 11 heteroatoms. The van der Waals surface area contributed by atoms with Gasteiger partial charge in [-0.2, -0.15) is 15.3 Å². The van der Waals surface area contributed by atoms with Crippen LogP contribution in [0.4, 0.5) is 22.7 Å². The number of halogens is 1. The molecule has 10 nitrogen and oxygen atoms in total. The van der Waals surface area contributed by atoms with Crippen LogP contribution in [0.15, 0.2) is 148 Å². The van der Waals surface area contributed by atoms with Crippen LogP contribution in [0.2, 0.25) is 0 Å². The van der Waals surface area contributed by atoms with Crippen molar-refractivity contribution < 1.29 is 30.0 Å². The number of hydrogen-bond donors (Lipinski definition) is 4. The van der Waals surface area contributed by atoms with Crippen molar-refractivity contribution in [1.82, 2.24) is 0 Å². The van der Waals surface area contributed by atoms with Crippen LogP contribution in [-0.2, 0) is 25.7 Å². The van der Waals surface area contributed by atoms with E-state index in [9.17, 15) is 30.0 Å². The number of hydrogen-bond acceptors (Lipinski definition) is 8.